The first-order valence-electron chi connectivity index (χ1n) is 5.08. The normalized spacial score (nSPS) is 25.5. The molecule has 2 N–H and O–H groups in total. The molecule has 0 bridgehead atoms. The number of rotatable bonds is 3. The van der Waals surface area contributed by atoms with Crippen LogP contribution < -0.4 is 10.6 Å². The Balaban J connectivity index is 1.95. The molecular formula is C11H14ClFN2. The molecular weight excluding hydrogens is 215 g/mol. The van der Waals surface area contributed by atoms with Gasteiger partial charge in [0.25, 0.3) is 0 Å². The summed E-state index contributed by atoms with van der Waals surface area (Å²) in [5.41, 5.74) is -0.345. The third kappa shape index (κ3) is 2.61. The predicted molar refractivity (Wildman–Crippen MR) is 61.3 cm³/mol. The quantitative estimate of drug-likeness (QED) is 0.831. The van der Waals surface area contributed by atoms with E-state index in [0.29, 0.717) is 24.5 Å². The van der Waals surface area contributed by atoms with Gasteiger partial charge in [0.2, 0.25) is 0 Å². The molecule has 82 valence electrons. The molecule has 1 aliphatic heterocycles. The average Bonchev–Trinajstić information content (AvgIpc) is 2.65. The molecule has 4 heteroatoms. The number of alkyl halides is 1. The van der Waals surface area contributed by atoms with Crippen LogP contribution in [0.4, 0.5) is 10.1 Å². The fraction of sp³-hybridized carbons (Fsp3) is 0.455. The molecule has 1 fully saturated rings. The van der Waals surface area contributed by atoms with Crippen molar-refractivity contribution in [3.8, 4) is 0 Å². The van der Waals surface area contributed by atoms with Crippen LogP contribution in [0.15, 0.2) is 24.3 Å². The van der Waals surface area contributed by atoms with Gasteiger partial charge in [-0.3, -0.25) is 0 Å². The molecule has 2 rings (SSSR count). The molecule has 0 spiro atoms. The zero-order chi connectivity index (χ0) is 10.7. The Kier molecular flexibility index (Phi) is 3.12. The zero-order valence-electron chi connectivity index (χ0n) is 8.39. The third-order valence-corrected chi connectivity index (χ3v) is 2.99. The van der Waals surface area contributed by atoms with Crippen molar-refractivity contribution in [3.05, 3.63) is 29.3 Å². The molecule has 0 radical (unpaired) electrons. The van der Waals surface area contributed by atoms with Gasteiger partial charge in [-0.05, 0) is 25.1 Å². The Bertz CT molecular complexity index is 337. The van der Waals surface area contributed by atoms with E-state index in [1.807, 2.05) is 18.2 Å². The molecule has 0 aromatic heterocycles. The van der Waals surface area contributed by atoms with Crippen LogP contribution in [0.2, 0.25) is 5.02 Å². The van der Waals surface area contributed by atoms with Crippen LogP contribution in [0, 0.1) is 0 Å². The summed E-state index contributed by atoms with van der Waals surface area (Å²) in [4.78, 5) is 0. The summed E-state index contributed by atoms with van der Waals surface area (Å²) >= 11 is 5.95. The summed E-state index contributed by atoms with van der Waals surface area (Å²) in [6.45, 7) is 1.48. The van der Waals surface area contributed by atoms with E-state index in [2.05, 4.69) is 10.6 Å². The minimum atomic E-state index is -1.14. The maximum absolute atomic E-state index is 14.0. The van der Waals surface area contributed by atoms with Crippen LogP contribution in [-0.2, 0) is 0 Å². The van der Waals surface area contributed by atoms with Crippen LogP contribution in [0.25, 0.3) is 0 Å². The second-order valence-corrected chi connectivity index (χ2v) is 4.32. The second kappa shape index (κ2) is 4.37. The van der Waals surface area contributed by atoms with E-state index < -0.39 is 5.67 Å². The van der Waals surface area contributed by atoms with Gasteiger partial charge in [0.1, 0.15) is 5.67 Å². The lowest BCUT2D eigenvalue weighted by Gasteiger charge is -2.19. The molecule has 0 saturated carbocycles. The van der Waals surface area contributed by atoms with Crippen LogP contribution in [-0.4, -0.2) is 25.3 Å². The van der Waals surface area contributed by atoms with Crippen molar-refractivity contribution in [1.29, 1.82) is 0 Å². The first kappa shape index (κ1) is 10.7. The Labute approximate surface area is 93.8 Å². The lowest BCUT2D eigenvalue weighted by molar-refractivity contribution is 0.208. The minimum absolute atomic E-state index is 0.309. The summed E-state index contributed by atoms with van der Waals surface area (Å²) < 4.78 is 14.0. The molecule has 2 nitrogen and oxygen atoms in total. The van der Waals surface area contributed by atoms with Crippen molar-refractivity contribution in [3.63, 3.8) is 0 Å². The van der Waals surface area contributed by atoms with Gasteiger partial charge in [-0.2, -0.15) is 0 Å². The second-order valence-electron chi connectivity index (χ2n) is 3.91. The van der Waals surface area contributed by atoms with Crippen LogP contribution in [0.3, 0.4) is 0 Å². The molecule has 1 aromatic rings. The Morgan fingerprint density at radius 2 is 2.27 bits per heavy atom. The van der Waals surface area contributed by atoms with Crippen molar-refractivity contribution in [2.75, 3.05) is 25.0 Å². The maximum Gasteiger partial charge on any atom is 0.141 e. The highest BCUT2D eigenvalue weighted by Gasteiger charge is 2.33. The topological polar surface area (TPSA) is 24.1 Å². The molecule has 1 heterocycles. The summed E-state index contributed by atoms with van der Waals surface area (Å²) in [5, 5.41) is 6.70. The SMILES string of the molecule is FC1(CNc2ccccc2Cl)CCNC1. The van der Waals surface area contributed by atoms with Crippen molar-refractivity contribution >= 4 is 17.3 Å². The highest BCUT2D eigenvalue weighted by atomic mass is 35.5. The molecule has 0 aliphatic carbocycles. The Hall–Kier alpha value is -0.800. The van der Waals surface area contributed by atoms with E-state index in [1.165, 1.54) is 0 Å². The first-order valence-corrected chi connectivity index (χ1v) is 5.45. The Morgan fingerprint density at radius 1 is 1.47 bits per heavy atom. The minimum Gasteiger partial charge on any atom is -0.381 e. The predicted octanol–water partition coefficient (Wildman–Crippen LogP) is 2.45. The first-order chi connectivity index (χ1) is 7.20. The van der Waals surface area contributed by atoms with E-state index in [4.69, 9.17) is 11.6 Å². The molecule has 1 unspecified atom stereocenters. The number of hydrogen-bond donors (Lipinski definition) is 2. The van der Waals surface area contributed by atoms with Crippen molar-refractivity contribution in [2.45, 2.75) is 12.1 Å². The number of nitrogens with one attached hydrogen (secondary N) is 2. The number of anilines is 1. The van der Waals surface area contributed by atoms with Gasteiger partial charge in [-0.25, -0.2) is 4.39 Å². The van der Waals surface area contributed by atoms with Gasteiger partial charge >= 0.3 is 0 Å². The number of hydrogen-bond acceptors (Lipinski definition) is 2. The van der Waals surface area contributed by atoms with Gasteiger partial charge in [0.15, 0.2) is 0 Å². The molecule has 15 heavy (non-hydrogen) atoms. The zero-order valence-corrected chi connectivity index (χ0v) is 9.15. The Morgan fingerprint density at radius 3 is 2.93 bits per heavy atom. The molecule has 1 aliphatic rings. The van der Waals surface area contributed by atoms with Gasteiger partial charge in [0.05, 0.1) is 17.3 Å². The molecule has 0 amide bonds. The van der Waals surface area contributed by atoms with Crippen LogP contribution in [0.1, 0.15) is 6.42 Å². The number of para-hydroxylation sites is 1. The summed E-state index contributed by atoms with van der Waals surface area (Å²) in [6.07, 6.45) is 0.560. The summed E-state index contributed by atoms with van der Waals surface area (Å²) in [5.74, 6) is 0. The third-order valence-electron chi connectivity index (χ3n) is 2.66. The van der Waals surface area contributed by atoms with Gasteiger partial charge in [-0.1, -0.05) is 23.7 Å². The van der Waals surface area contributed by atoms with E-state index in [-0.39, 0.29) is 0 Å². The summed E-state index contributed by atoms with van der Waals surface area (Å²) in [7, 11) is 0. The van der Waals surface area contributed by atoms with Crippen LogP contribution in [0.5, 0.6) is 0 Å². The van der Waals surface area contributed by atoms with Crippen molar-refractivity contribution in [1.82, 2.24) is 5.32 Å². The smallest absolute Gasteiger partial charge is 0.141 e. The van der Waals surface area contributed by atoms with Gasteiger partial charge in [0, 0.05) is 6.54 Å². The molecule has 1 saturated heterocycles. The maximum atomic E-state index is 14.0. The standard InChI is InChI=1S/C11H14ClFN2/c12-9-3-1-2-4-10(9)15-8-11(13)5-6-14-7-11/h1-4,14-15H,5-8H2. The highest BCUT2D eigenvalue weighted by molar-refractivity contribution is 6.33. The highest BCUT2D eigenvalue weighted by Crippen LogP contribution is 2.24. The van der Waals surface area contributed by atoms with Gasteiger partial charge < -0.3 is 10.6 Å². The number of benzene rings is 1. The van der Waals surface area contributed by atoms with E-state index in [9.17, 15) is 4.39 Å². The molecule has 1 atom stereocenters. The lowest BCUT2D eigenvalue weighted by Crippen LogP contribution is -2.34. The van der Waals surface area contributed by atoms with Crippen molar-refractivity contribution < 1.29 is 4.39 Å². The van der Waals surface area contributed by atoms with E-state index in [0.717, 1.165) is 12.2 Å². The van der Waals surface area contributed by atoms with E-state index >= 15 is 0 Å². The molecule has 1 aromatic carbocycles. The largest absolute Gasteiger partial charge is 0.381 e. The van der Waals surface area contributed by atoms with E-state index in [1.54, 1.807) is 6.07 Å². The lowest BCUT2D eigenvalue weighted by atomic mass is 10.1. The van der Waals surface area contributed by atoms with Gasteiger partial charge in [-0.15, -0.1) is 0 Å². The van der Waals surface area contributed by atoms with Crippen molar-refractivity contribution in [2.24, 2.45) is 0 Å². The summed E-state index contributed by atoms with van der Waals surface area (Å²) in [6, 6.07) is 7.39. The van der Waals surface area contributed by atoms with Crippen LogP contribution >= 0.6 is 11.6 Å². The fourth-order valence-corrected chi connectivity index (χ4v) is 1.92. The monoisotopic (exact) mass is 228 g/mol. The average molecular weight is 229 g/mol. The fourth-order valence-electron chi connectivity index (χ4n) is 1.72. The number of halogens is 2.